The predicted octanol–water partition coefficient (Wildman–Crippen LogP) is 5.79. The van der Waals surface area contributed by atoms with Crippen LogP contribution in [0, 0.1) is 52.3 Å². The molecule has 30 heavy (non-hydrogen) atoms. The van der Waals surface area contributed by atoms with E-state index in [0.29, 0.717) is 34.7 Å². The fraction of sp³-hybridized carbons (Fsp3) is 1.00. The van der Waals surface area contributed by atoms with E-state index in [-0.39, 0.29) is 11.9 Å². The summed E-state index contributed by atoms with van der Waals surface area (Å²) >= 11 is 0. The van der Waals surface area contributed by atoms with E-state index in [1.54, 1.807) is 0 Å². The molecule has 0 amide bonds. The van der Waals surface area contributed by atoms with Gasteiger partial charge < -0.3 is 14.6 Å². The second-order valence-electron chi connectivity index (χ2n) is 13.1. The van der Waals surface area contributed by atoms with E-state index < -0.39 is 0 Å². The van der Waals surface area contributed by atoms with Crippen molar-refractivity contribution in [2.24, 2.45) is 52.3 Å². The molecule has 170 valence electrons. The summed E-state index contributed by atoms with van der Waals surface area (Å²) in [7, 11) is 0. The van der Waals surface area contributed by atoms with Crippen molar-refractivity contribution in [3.63, 3.8) is 0 Å². The van der Waals surface area contributed by atoms with E-state index in [9.17, 15) is 5.11 Å². The van der Waals surface area contributed by atoms with Crippen LogP contribution in [0.1, 0.15) is 91.9 Å². The minimum atomic E-state index is -0.282. The van der Waals surface area contributed by atoms with Gasteiger partial charge in [-0.15, -0.1) is 0 Å². The number of aliphatic hydroxyl groups excluding tert-OH is 1. The topological polar surface area (TPSA) is 38.7 Å². The predicted molar refractivity (Wildman–Crippen MR) is 118 cm³/mol. The van der Waals surface area contributed by atoms with Gasteiger partial charge in [-0.1, -0.05) is 27.7 Å². The molecule has 0 radical (unpaired) electrons. The first kappa shape index (κ1) is 20.5. The lowest BCUT2D eigenvalue weighted by Gasteiger charge is -2.61. The number of hydrogen-bond donors (Lipinski definition) is 1. The van der Waals surface area contributed by atoms with Gasteiger partial charge in [-0.05, 0) is 104 Å². The van der Waals surface area contributed by atoms with Crippen LogP contribution in [0.25, 0.3) is 0 Å². The molecule has 0 aromatic heterocycles. The van der Waals surface area contributed by atoms with Gasteiger partial charge in [0, 0.05) is 12.3 Å². The molecule has 6 rings (SSSR count). The van der Waals surface area contributed by atoms with Gasteiger partial charge >= 0.3 is 0 Å². The summed E-state index contributed by atoms with van der Waals surface area (Å²) in [6, 6.07) is 0. The molecule has 0 aromatic carbocycles. The van der Waals surface area contributed by atoms with Crippen LogP contribution in [0.5, 0.6) is 0 Å². The molecule has 12 atom stereocenters. The van der Waals surface area contributed by atoms with Gasteiger partial charge in [-0.25, -0.2) is 0 Å². The molecule has 6 fully saturated rings. The molecule has 1 N–H and O–H groups in total. The van der Waals surface area contributed by atoms with E-state index in [4.69, 9.17) is 9.47 Å². The fourth-order valence-electron chi connectivity index (χ4n) is 10.3. The maximum absolute atomic E-state index is 10.3. The first-order valence-corrected chi connectivity index (χ1v) is 13.3. The zero-order valence-corrected chi connectivity index (χ0v) is 19.7. The summed E-state index contributed by atoms with van der Waals surface area (Å²) in [4.78, 5) is 0. The highest BCUT2D eigenvalue weighted by Gasteiger charge is 2.69. The van der Waals surface area contributed by atoms with Crippen molar-refractivity contribution < 1.29 is 14.6 Å². The van der Waals surface area contributed by atoms with Crippen molar-refractivity contribution in [3.05, 3.63) is 0 Å². The monoisotopic (exact) mass is 416 g/mol. The molecular weight excluding hydrogens is 372 g/mol. The Morgan fingerprint density at radius 3 is 2.40 bits per heavy atom. The summed E-state index contributed by atoms with van der Waals surface area (Å²) in [5, 5.41) is 10.3. The molecule has 3 heteroatoms. The lowest BCUT2D eigenvalue weighted by atomic mass is 9.44. The normalized spacial score (nSPS) is 62.5. The maximum Gasteiger partial charge on any atom is 0.171 e. The zero-order valence-electron chi connectivity index (χ0n) is 19.7. The molecule has 0 bridgehead atoms. The second kappa shape index (κ2) is 6.70. The van der Waals surface area contributed by atoms with Gasteiger partial charge in [0.2, 0.25) is 0 Å². The molecule has 2 aliphatic heterocycles. The first-order valence-electron chi connectivity index (χ1n) is 13.3. The molecule has 7 unspecified atom stereocenters. The lowest BCUT2D eigenvalue weighted by Crippen LogP contribution is -2.55. The number of aliphatic hydroxyl groups is 1. The maximum atomic E-state index is 10.3. The van der Waals surface area contributed by atoms with Gasteiger partial charge in [0.15, 0.2) is 5.79 Å². The number of rotatable bonds is 0. The van der Waals surface area contributed by atoms with E-state index in [0.717, 1.165) is 49.5 Å². The summed E-state index contributed by atoms with van der Waals surface area (Å²) in [5.41, 5.74) is 0.899. The third kappa shape index (κ3) is 2.61. The quantitative estimate of drug-likeness (QED) is 0.543. The highest BCUT2D eigenvalue weighted by Crippen LogP contribution is 2.71. The molecule has 3 nitrogen and oxygen atoms in total. The van der Waals surface area contributed by atoms with Crippen LogP contribution in [-0.2, 0) is 9.47 Å². The van der Waals surface area contributed by atoms with Gasteiger partial charge in [-0.2, -0.15) is 0 Å². The van der Waals surface area contributed by atoms with Gasteiger partial charge in [0.25, 0.3) is 0 Å². The van der Waals surface area contributed by atoms with Crippen LogP contribution in [-0.4, -0.2) is 29.7 Å². The molecule has 6 aliphatic rings. The van der Waals surface area contributed by atoms with Crippen molar-refractivity contribution in [2.75, 3.05) is 6.61 Å². The van der Waals surface area contributed by atoms with Crippen LogP contribution in [0.15, 0.2) is 0 Å². The SMILES string of the molecule is CC1CCC2(OC1)O[C@H]1CC3C4CC[C@@H]5CC(O)CC[C@]5(C)C4CC[C@]3(C)C1[C@@H]2C. The van der Waals surface area contributed by atoms with Crippen LogP contribution in [0.3, 0.4) is 0 Å². The average molecular weight is 417 g/mol. The van der Waals surface area contributed by atoms with E-state index in [1.807, 2.05) is 0 Å². The Balaban J connectivity index is 1.26. The molecule has 1 spiro atoms. The van der Waals surface area contributed by atoms with Crippen LogP contribution in [0.4, 0.5) is 0 Å². The Bertz CT molecular complexity index is 684. The summed E-state index contributed by atoms with van der Waals surface area (Å²) < 4.78 is 13.4. The zero-order chi connectivity index (χ0) is 20.9. The minimum Gasteiger partial charge on any atom is -0.393 e. The smallest absolute Gasteiger partial charge is 0.171 e. The van der Waals surface area contributed by atoms with Crippen molar-refractivity contribution >= 4 is 0 Å². The Morgan fingerprint density at radius 2 is 1.63 bits per heavy atom. The fourth-order valence-corrected chi connectivity index (χ4v) is 10.3. The third-order valence-electron chi connectivity index (χ3n) is 11.9. The molecule has 4 saturated carbocycles. The van der Waals surface area contributed by atoms with Crippen molar-refractivity contribution in [3.8, 4) is 0 Å². The van der Waals surface area contributed by atoms with Crippen molar-refractivity contribution in [1.82, 2.24) is 0 Å². The van der Waals surface area contributed by atoms with Crippen molar-refractivity contribution in [2.45, 2.75) is 110 Å². The number of ether oxygens (including phenoxy) is 2. The third-order valence-corrected chi connectivity index (χ3v) is 11.9. The van der Waals surface area contributed by atoms with Crippen LogP contribution in [0.2, 0.25) is 0 Å². The lowest BCUT2D eigenvalue weighted by molar-refractivity contribution is -0.273. The molecule has 2 saturated heterocycles. The Hall–Kier alpha value is -0.120. The molecule has 2 heterocycles. The summed E-state index contributed by atoms with van der Waals surface area (Å²) in [6.45, 7) is 10.9. The Morgan fingerprint density at radius 1 is 0.833 bits per heavy atom. The largest absolute Gasteiger partial charge is 0.393 e. The highest BCUT2D eigenvalue weighted by molar-refractivity contribution is 5.15. The first-order chi connectivity index (χ1) is 14.3. The van der Waals surface area contributed by atoms with Gasteiger partial charge in [0.05, 0.1) is 18.8 Å². The highest BCUT2D eigenvalue weighted by atomic mass is 16.7. The number of hydrogen-bond acceptors (Lipinski definition) is 3. The van der Waals surface area contributed by atoms with Gasteiger partial charge in [-0.3, -0.25) is 0 Å². The minimum absolute atomic E-state index is 0.0389. The Kier molecular flexibility index (Phi) is 4.58. The van der Waals surface area contributed by atoms with E-state index >= 15 is 0 Å². The standard InChI is InChI=1S/C27H44O3/c1-16-7-12-27(29-15-16)17(2)24-23(30-27)14-22-20-6-5-18-13-19(28)8-10-25(18,3)21(20)9-11-26(22,24)4/h16-24,28H,5-15H2,1-4H3/t16?,17-,18+,19?,20?,21?,22?,23-,24?,25-,26-,27?/m0/s1. The summed E-state index contributed by atoms with van der Waals surface area (Å²) in [6.07, 6.45) is 12.9. The average Bonchev–Trinajstić information content (AvgIpc) is 3.16. The summed E-state index contributed by atoms with van der Waals surface area (Å²) in [5.74, 6) is 4.93. The van der Waals surface area contributed by atoms with Crippen LogP contribution >= 0.6 is 0 Å². The Labute approximate surface area is 183 Å². The number of fused-ring (bicyclic) bond motifs is 7. The molecular formula is C27H44O3. The van der Waals surface area contributed by atoms with E-state index in [1.165, 1.54) is 44.9 Å². The van der Waals surface area contributed by atoms with Gasteiger partial charge in [0.1, 0.15) is 0 Å². The van der Waals surface area contributed by atoms with E-state index in [2.05, 4.69) is 27.7 Å². The van der Waals surface area contributed by atoms with Crippen LogP contribution < -0.4 is 0 Å². The molecule has 0 aromatic rings. The van der Waals surface area contributed by atoms with Crippen molar-refractivity contribution in [1.29, 1.82) is 0 Å². The second-order valence-corrected chi connectivity index (χ2v) is 13.1. The molecule has 4 aliphatic carbocycles.